The molecule has 1 aromatic rings. The van der Waals surface area contributed by atoms with E-state index in [1.165, 1.54) is 31.4 Å². The minimum Gasteiger partial charge on any atom is -0.352 e. The minimum absolute atomic E-state index is 0.0499. The Bertz CT molecular complexity index is 653. The number of hydrogen-bond donors (Lipinski definition) is 2. The van der Waals surface area contributed by atoms with Crippen LogP contribution in [0.25, 0.3) is 0 Å². The van der Waals surface area contributed by atoms with Crippen molar-refractivity contribution in [1.82, 2.24) is 10.0 Å². The van der Waals surface area contributed by atoms with Crippen molar-refractivity contribution >= 4 is 15.9 Å². The van der Waals surface area contributed by atoms with Crippen LogP contribution in [-0.2, 0) is 14.8 Å². The van der Waals surface area contributed by atoms with Crippen LogP contribution in [-0.4, -0.2) is 26.4 Å². The molecule has 1 aliphatic carbocycles. The fourth-order valence-corrected chi connectivity index (χ4v) is 4.37. The molecule has 0 spiro atoms. The summed E-state index contributed by atoms with van der Waals surface area (Å²) in [5.74, 6) is -0.799. The number of carbonyl (C=O) groups is 1. The third-order valence-electron chi connectivity index (χ3n) is 4.60. The van der Waals surface area contributed by atoms with Crippen LogP contribution >= 0.6 is 0 Å². The van der Waals surface area contributed by atoms with Gasteiger partial charge in [-0.15, -0.1) is 0 Å². The molecule has 7 heteroatoms. The Kier molecular flexibility index (Phi) is 7.38. The van der Waals surface area contributed by atoms with Crippen molar-refractivity contribution in [3.63, 3.8) is 0 Å². The van der Waals surface area contributed by atoms with Gasteiger partial charge in [0.2, 0.25) is 15.9 Å². The Morgan fingerprint density at radius 1 is 1.12 bits per heavy atom. The van der Waals surface area contributed by atoms with Gasteiger partial charge >= 0.3 is 0 Å². The molecule has 2 rings (SSSR count). The summed E-state index contributed by atoms with van der Waals surface area (Å²) in [7, 11) is -3.86. The molecule has 1 atom stereocenters. The van der Waals surface area contributed by atoms with Crippen molar-refractivity contribution in [2.45, 2.75) is 75.3 Å². The van der Waals surface area contributed by atoms with Gasteiger partial charge in [-0.2, -0.15) is 4.72 Å². The van der Waals surface area contributed by atoms with E-state index < -0.39 is 21.9 Å². The van der Waals surface area contributed by atoms with Crippen molar-refractivity contribution in [1.29, 1.82) is 0 Å². The molecule has 1 fully saturated rings. The number of nitrogens with one attached hydrogen (secondary N) is 2. The van der Waals surface area contributed by atoms with Crippen LogP contribution in [0.4, 0.5) is 4.39 Å². The van der Waals surface area contributed by atoms with Gasteiger partial charge in [-0.1, -0.05) is 39.0 Å². The summed E-state index contributed by atoms with van der Waals surface area (Å²) < 4.78 is 40.2. The van der Waals surface area contributed by atoms with Crippen molar-refractivity contribution in [2.75, 3.05) is 0 Å². The minimum atomic E-state index is -3.86. The molecule has 2 N–H and O–H groups in total. The second-order valence-electron chi connectivity index (χ2n) is 6.59. The van der Waals surface area contributed by atoms with Crippen molar-refractivity contribution < 1.29 is 17.6 Å². The monoisotopic (exact) mass is 370 g/mol. The predicted molar refractivity (Wildman–Crippen MR) is 95.1 cm³/mol. The van der Waals surface area contributed by atoms with E-state index in [-0.39, 0.29) is 16.8 Å². The summed E-state index contributed by atoms with van der Waals surface area (Å²) in [5, 5.41) is 2.99. The summed E-state index contributed by atoms with van der Waals surface area (Å²) in [6, 6.07) is 3.83. The molecule has 1 aromatic carbocycles. The molecule has 140 valence electrons. The molecule has 0 radical (unpaired) electrons. The number of halogens is 1. The topological polar surface area (TPSA) is 75.3 Å². The van der Waals surface area contributed by atoms with Crippen LogP contribution < -0.4 is 10.0 Å². The SMILES string of the molecule is CCC(NS(=O)(=O)c1ccc(F)cc1)C(=O)NC1CCCCCCC1. The van der Waals surface area contributed by atoms with Crippen LogP contribution in [0.15, 0.2) is 29.2 Å². The smallest absolute Gasteiger partial charge is 0.241 e. The third-order valence-corrected chi connectivity index (χ3v) is 6.09. The Labute approximate surface area is 149 Å². The molecule has 0 saturated heterocycles. The third kappa shape index (κ3) is 6.08. The van der Waals surface area contributed by atoms with Gasteiger partial charge in [0.1, 0.15) is 11.9 Å². The molecule has 0 bridgehead atoms. The van der Waals surface area contributed by atoms with Gasteiger partial charge in [-0.05, 0) is 43.5 Å². The summed E-state index contributed by atoms with van der Waals surface area (Å²) in [4.78, 5) is 12.5. The van der Waals surface area contributed by atoms with E-state index in [2.05, 4.69) is 10.0 Å². The lowest BCUT2D eigenvalue weighted by atomic mass is 9.96. The molecule has 1 saturated carbocycles. The summed E-state index contributed by atoms with van der Waals surface area (Å²) in [6.07, 6.45) is 8.00. The van der Waals surface area contributed by atoms with Gasteiger partial charge in [0.05, 0.1) is 4.90 Å². The first-order valence-corrected chi connectivity index (χ1v) is 10.5. The number of rotatable bonds is 6. The van der Waals surface area contributed by atoms with Gasteiger partial charge in [0.25, 0.3) is 0 Å². The van der Waals surface area contributed by atoms with Gasteiger partial charge < -0.3 is 5.32 Å². The van der Waals surface area contributed by atoms with E-state index in [0.29, 0.717) is 6.42 Å². The molecule has 25 heavy (non-hydrogen) atoms. The standard InChI is InChI=1S/C18H27FN2O3S/c1-2-17(18(22)20-15-8-6-4-3-5-7-9-15)21-25(23,24)16-12-10-14(19)11-13-16/h10-13,15,17,21H,2-9H2,1H3,(H,20,22). The summed E-state index contributed by atoms with van der Waals surface area (Å²) >= 11 is 0. The quantitative estimate of drug-likeness (QED) is 0.808. The van der Waals surface area contributed by atoms with Gasteiger partial charge in [-0.25, -0.2) is 12.8 Å². The van der Waals surface area contributed by atoms with Gasteiger partial charge in [0.15, 0.2) is 0 Å². The highest BCUT2D eigenvalue weighted by Gasteiger charge is 2.26. The average Bonchev–Trinajstić information content (AvgIpc) is 2.55. The molecule has 5 nitrogen and oxygen atoms in total. The lowest BCUT2D eigenvalue weighted by Crippen LogP contribution is -2.49. The Balaban J connectivity index is 2.00. The Morgan fingerprint density at radius 2 is 1.68 bits per heavy atom. The van der Waals surface area contributed by atoms with Crippen molar-refractivity contribution in [3.8, 4) is 0 Å². The second-order valence-corrected chi connectivity index (χ2v) is 8.30. The van der Waals surface area contributed by atoms with Gasteiger partial charge in [0, 0.05) is 6.04 Å². The molecular formula is C18H27FN2O3S. The highest BCUT2D eigenvalue weighted by atomic mass is 32.2. The number of sulfonamides is 1. The zero-order valence-electron chi connectivity index (χ0n) is 14.6. The summed E-state index contributed by atoms with van der Waals surface area (Å²) in [6.45, 7) is 1.76. The zero-order chi connectivity index (χ0) is 18.3. The van der Waals surface area contributed by atoms with E-state index >= 15 is 0 Å². The van der Waals surface area contributed by atoms with E-state index in [1.54, 1.807) is 6.92 Å². The van der Waals surface area contributed by atoms with Crippen molar-refractivity contribution in [2.24, 2.45) is 0 Å². The maximum atomic E-state index is 13.0. The van der Waals surface area contributed by atoms with E-state index in [4.69, 9.17) is 0 Å². The van der Waals surface area contributed by atoms with E-state index in [0.717, 1.165) is 37.8 Å². The lowest BCUT2D eigenvalue weighted by molar-refractivity contribution is -0.123. The highest BCUT2D eigenvalue weighted by molar-refractivity contribution is 7.89. The predicted octanol–water partition coefficient (Wildman–Crippen LogP) is 3.11. The first-order chi connectivity index (χ1) is 11.9. The van der Waals surface area contributed by atoms with Crippen LogP contribution in [0.3, 0.4) is 0 Å². The molecule has 0 heterocycles. The highest BCUT2D eigenvalue weighted by Crippen LogP contribution is 2.17. The average molecular weight is 370 g/mol. The maximum Gasteiger partial charge on any atom is 0.241 e. The molecule has 0 aromatic heterocycles. The first-order valence-electron chi connectivity index (χ1n) is 9.00. The van der Waals surface area contributed by atoms with Gasteiger partial charge in [-0.3, -0.25) is 4.79 Å². The first kappa shape index (κ1) is 19.8. The summed E-state index contributed by atoms with van der Waals surface area (Å²) in [5.41, 5.74) is 0. The lowest BCUT2D eigenvalue weighted by Gasteiger charge is -2.24. The van der Waals surface area contributed by atoms with E-state index in [9.17, 15) is 17.6 Å². The molecular weight excluding hydrogens is 343 g/mol. The molecule has 1 unspecified atom stereocenters. The number of carbonyl (C=O) groups excluding carboxylic acids is 1. The van der Waals surface area contributed by atoms with Crippen LogP contribution in [0.1, 0.15) is 58.3 Å². The number of amides is 1. The number of benzene rings is 1. The fourth-order valence-electron chi connectivity index (χ4n) is 3.09. The van der Waals surface area contributed by atoms with Crippen LogP contribution in [0.2, 0.25) is 0 Å². The second kappa shape index (κ2) is 9.29. The Hall–Kier alpha value is -1.47. The van der Waals surface area contributed by atoms with Crippen molar-refractivity contribution in [3.05, 3.63) is 30.1 Å². The van der Waals surface area contributed by atoms with E-state index in [1.807, 2.05) is 0 Å². The molecule has 1 aliphatic rings. The maximum absolute atomic E-state index is 13.0. The molecule has 1 amide bonds. The van der Waals surface area contributed by atoms with Crippen LogP contribution in [0.5, 0.6) is 0 Å². The zero-order valence-corrected chi connectivity index (χ0v) is 15.4. The Morgan fingerprint density at radius 3 is 2.24 bits per heavy atom. The van der Waals surface area contributed by atoms with Crippen LogP contribution in [0, 0.1) is 5.82 Å². The normalized spacial score (nSPS) is 18.2. The fraction of sp³-hybridized carbons (Fsp3) is 0.611. The largest absolute Gasteiger partial charge is 0.352 e. The molecule has 0 aliphatic heterocycles. The number of hydrogen-bond acceptors (Lipinski definition) is 3.